The van der Waals surface area contributed by atoms with E-state index >= 15 is 0 Å². The van der Waals surface area contributed by atoms with E-state index in [1.54, 1.807) is 11.3 Å². The van der Waals surface area contributed by atoms with E-state index in [4.69, 9.17) is 5.73 Å². The molecule has 1 aromatic heterocycles. The van der Waals surface area contributed by atoms with E-state index in [0.717, 1.165) is 32.5 Å². The second-order valence-corrected chi connectivity index (χ2v) is 7.24. The van der Waals surface area contributed by atoms with Crippen molar-refractivity contribution in [2.24, 2.45) is 5.92 Å². The van der Waals surface area contributed by atoms with Gasteiger partial charge in [-0.1, -0.05) is 26.7 Å². The van der Waals surface area contributed by atoms with Crippen LogP contribution < -0.4 is 11.1 Å². The van der Waals surface area contributed by atoms with Crippen LogP contribution in [0.4, 0.5) is 11.4 Å². The Morgan fingerprint density at radius 2 is 2.00 bits per heavy atom. The molecule has 1 heterocycles. The molecule has 4 heteroatoms. The number of aromatic nitrogens is 1. The Bertz CT molecular complexity index is 574. The van der Waals surface area contributed by atoms with Gasteiger partial charge in [-0.15, -0.1) is 11.3 Å². The molecule has 1 unspecified atom stereocenters. The number of benzene rings is 1. The van der Waals surface area contributed by atoms with Crippen molar-refractivity contribution in [3.05, 3.63) is 17.1 Å². The van der Waals surface area contributed by atoms with Crippen LogP contribution in [0.3, 0.4) is 0 Å². The van der Waals surface area contributed by atoms with Gasteiger partial charge in [-0.05, 0) is 38.3 Å². The molecule has 0 bridgehead atoms. The summed E-state index contributed by atoms with van der Waals surface area (Å²) in [4.78, 5) is 4.53. The first-order chi connectivity index (χ1) is 9.45. The molecule has 0 fully saturated rings. The summed E-state index contributed by atoms with van der Waals surface area (Å²) in [7, 11) is 0. The van der Waals surface area contributed by atoms with Crippen molar-refractivity contribution in [3.8, 4) is 0 Å². The molecule has 3 N–H and O–H groups in total. The SMILES string of the molecule is Cc1nc2cc(NC(C)CCCC(C)C)c(N)cc2s1. The third-order valence-electron chi connectivity index (χ3n) is 3.49. The molecule has 3 nitrogen and oxygen atoms in total. The van der Waals surface area contributed by atoms with Gasteiger partial charge in [-0.25, -0.2) is 4.98 Å². The van der Waals surface area contributed by atoms with Crippen LogP contribution in [0.25, 0.3) is 10.2 Å². The number of rotatable bonds is 6. The van der Waals surface area contributed by atoms with E-state index < -0.39 is 0 Å². The number of nitrogens with two attached hydrogens (primary N) is 1. The van der Waals surface area contributed by atoms with Crippen LogP contribution in [-0.2, 0) is 0 Å². The molecule has 0 aliphatic rings. The van der Waals surface area contributed by atoms with E-state index in [-0.39, 0.29) is 0 Å². The van der Waals surface area contributed by atoms with Crippen molar-refractivity contribution in [2.75, 3.05) is 11.1 Å². The minimum atomic E-state index is 0.438. The minimum absolute atomic E-state index is 0.438. The van der Waals surface area contributed by atoms with E-state index in [9.17, 15) is 0 Å². The van der Waals surface area contributed by atoms with Crippen molar-refractivity contribution in [3.63, 3.8) is 0 Å². The first kappa shape index (κ1) is 15.1. The van der Waals surface area contributed by atoms with Gasteiger partial charge in [0.25, 0.3) is 0 Å². The van der Waals surface area contributed by atoms with E-state index in [2.05, 4.69) is 37.1 Å². The minimum Gasteiger partial charge on any atom is -0.397 e. The van der Waals surface area contributed by atoms with E-state index in [1.165, 1.54) is 19.3 Å². The third-order valence-corrected chi connectivity index (χ3v) is 4.42. The highest BCUT2D eigenvalue weighted by atomic mass is 32.1. The third kappa shape index (κ3) is 3.85. The Morgan fingerprint density at radius 3 is 2.70 bits per heavy atom. The lowest BCUT2D eigenvalue weighted by Gasteiger charge is -2.17. The average molecular weight is 291 g/mol. The number of nitrogen functional groups attached to an aromatic ring is 1. The highest BCUT2D eigenvalue weighted by Gasteiger charge is 2.09. The summed E-state index contributed by atoms with van der Waals surface area (Å²) in [6.45, 7) is 8.79. The number of hydrogen-bond donors (Lipinski definition) is 2. The second-order valence-electron chi connectivity index (χ2n) is 6.01. The van der Waals surface area contributed by atoms with Gasteiger partial charge in [-0.2, -0.15) is 0 Å². The van der Waals surface area contributed by atoms with Crippen molar-refractivity contribution in [2.45, 2.75) is 53.0 Å². The molecule has 20 heavy (non-hydrogen) atoms. The first-order valence-corrected chi connectivity index (χ1v) is 8.20. The predicted octanol–water partition coefficient (Wildman–Crippen LogP) is 4.81. The molecule has 110 valence electrons. The number of aryl methyl sites for hydroxylation is 1. The van der Waals surface area contributed by atoms with Crippen LogP contribution >= 0.6 is 11.3 Å². The molecule has 1 aromatic carbocycles. The number of anilines is 2. The van der Waals surface area contributed by atoms with Crippen molar-refractivity contribution in [1.82, 2.24) is 4.98 Å². The highest BCUT2D eigenvalue weighted by Crippen LogP contribution is 2.30. The molecule has 2 rings (SSSR count). The molecule has 0 saturated carbocycles. The predicted molar refractivity (Wildman–Crippen MR) is 90.5 cm³/mol. The molecular formula is C16H25N3S. The number of hydrogen-bond acceptors (Lipinski definition) is 4. The zero-order valence-corrected chi connectivity index (χ0v) is 13.7. The van der Waals surface area contributed by atoms with Crippen LogP contribution in [0.2, 0.25) is 0 Å². The van der Waals surface area contributed by atoms with E-state index in [0.29, 0.717) is 6.04 Å². The fraction of sp³-hybridized carbons (Fsp3) is 0.562. The van der Waals surface area contributed by atoms with Crippen molar-refractivity contribution < 1.29 is 0 Å². The summed E-state index contributed by atoms with van der Waals surface area (Å²) in [6.07, 6.45) is 3.71. The quantitative estimate of drug-likeness (QED) is 0.751. The Morgan fingerprint density at radius 1 is 1.25 bits per heavy atom. The van der Waals surface area contributed by atoms with Gasteiger partial charge >= 0.3 is 0 Å². The lowest BCUT2D eigenvalue weighted by atomic mass is 10.0. The van der Waals surface area contributed by atoms with Gasteiger partial charge < -0.3 is 11.1 Å². The van der Waals surface area contributed by atoms with Gasteiger partial charge in [0.1, 0.15) is 0 Å². The fourth-order valence-corrected chi connectivity index (χ4v) is 3.26. The number of nitrogens with zero attached hydrogens (tertiary/aromatic N) is 1. The Kier molecular flexibility index (Phi) is 4.86. The lowest BCUT2D eigenvalue weighted by molar-refractivity contribution is 0.520. The van der Waals surface area contributed by atoms with Gasteiger partial charge in [0.15, 0.2) is 0 Å². The first-order valence-electron chi connectivity index (χ1n) is 7.39. The van der Waals surface area contributed by atoms with Crippen molar-refractivity contribution >= 4 is 32.9 Å². The van der Waals surface area contributed by atoms with E-state index in [1.807, 2.05) is 13.0 Å². The maximum atomic E-state index is 6.14. The van der Waals surface area contributed by atoms with Crippen LogP contribution in [-0.4, -0.2) is 11.0 Å². The molecule has 0 aliphatic heterocycles. The largest absolute Gasteiger partial charge is 0.397 e. The molecule has 0 spiro atoms. The Hall–Kier alpha value is -1.29. The average Bonchev–Trinajstić information content (AvgIpc) is 2.68. The summed E-state index contributed by atoms with van der Waals surface area (Å²) in [5.74, 6) is 0.779. The molecule has 0 radical (unpaired) electrons. The fourth-order valence-electron chi connectivity index (χ4n) is 2.40. The number of thiazole rings is 1. The summed E-state index contributed by atoms with van der Waals surface area (Å²) < 4.78 is 1.16. The van der Waals surface area contributed by atoms with Crippen molar-refractivity contribution in [1.29, 1.82) is 0 Å². The standard InChI is InChI=1S/C16H25N3S/c1-10(2)6-5-7-11(3)18-14-9-15-16(8-13(14)17)20-12(4)19-15/h8-11,18H,5-7,17H2,1-4H3. The Labute approximate surface area is 125 Å². The van der Waals surface area contributed by atoms with Crippen LogP contribution in [0.1, 0.15) is 45.0 Å². The highest BCUT2D eigenvalue weighted by molar-refractivity contribution is 7.18. The molecule has 1 atom stereocenters. The van der Waals surface area contributed by atoms with Crippen LogP contribution in [0, 0.1) is 12.8 Å². The van der Waals surface area contributed by atoms with Gasteiger partial charge in [0.05, 0.1) is 26.6 Å². The van der Waals surface area contributed by atoms with Crippen LogP contribution in [0.5, 0.6) is 0 Å². The van der Waals surface area contributed by atoms with Gasteiger partial charge in [0, 0.05) is 6.04 Å². The molecule has 0 saturated heterocycles. The van der Waals surface area contributed by atoms with Gasteiger partial charge in [-0.3, -0.25) is 0 Å². The molecular weight excluding hydrogens is 266 g/mol. The summed E-state index contributed by atoms with van der Waals surface area (Å²) in [5.41, 5.74) is 9.01. The zero-order valence-electron chi connectivity index (χ0n) is 12.9. The number of nitrogens with one attached hydrogen (secondary N) is 1. The normalized spacial score (nSPS) is 13.1. The smallest absolute Gasteiger partial charge is 0.0907 e. The van der Waals surface area contributed by atoms with Gasteiger partial charge in [0.2, 0.25) is 0 Å². The summed E-state index contributed by atoms with van der Waals surface area (Å²) in [6, 6.07) is 4.55. The lowest BCUT2D eigenvalue weighted by Crippen LogP contribution is -2.16. The number of fused-ring (bicyclic) bond motifs is 1. The monoisotopic (exact) mass is 291 g/mol. The zero-order chi connectivity index (χ0) is 14.7. The molecule has 0 aliphatic carbocycles. The van der Waals surface area contributed by atoms with Crippen LogP contribution in [0.15, 0.2) is 12.1 Å². The molecule has 0 amide bonds. The maximum absolute atomic E-state index is 6.14. The second kappa shape index (κ2) is 6.44. The topological polar surface area (TPSA) is 50.9 Å². The molecule has 2 aromatic rings. The summed E-state index contributed by atoms with van der Waals surface area (Å²) in [5, 5.41) is 4.61. The Balaban J connectivity index is 2.03. The summed E-state index contributed by atoms with van der Waals surface area (Å²) >= 11 is 1.69. The maximum Gasteiger partial charge on any atom is 0.0907 e.